The van der Waals surface area contributed by atoms with Gasteiger partial charge >= 0.3 is 21.5 Å². The molecule has 0 rings (SSSR count). The average molecular weight is 249 g/mol. The number of alkyl halides is 3. The standard InChI is InChI=1S/C6H10F3NO4S/c1-4(2-5(11)12)3-10-15(13,14)6(7,8)9/h4,10H,2-3H2,1H3,(H,11,12). The second kappa shape index (κ2) is 4.79. The van der Waals surface area contributed by atoms with Gasteiger partial charge in [0.1, 0.15) is 0 Å². The maximum atomic E-state index is 11.8. The van der Waals surface area contributed by atoms with E-state index in [2.05, 4.69) is 0 Å². The summed E-state index contributed by atoms with van der Waals surface area (Å²) in [5.41, 5.74) is -5.37. The minimum absolute atomic E-state index is 0.402. The molecule has 0 aliphatic heterocycles. The fraction of sp³-hybridized carbons (Fsp3) is 0.833. The molecule has 1 unspecified atom stereocenters. The smallest absolute Gasteiger partial charge is 0.481 e. The zero-order chi connectivity index (χ0) is 12.3. The predicted molar refractivity (Wildman–Crippen MR) is 44.4 cm³/mol. The van der Waals surface area contributed by atoms with Crippen LogP contribution in [0.5, 0.6) is 0 Å². The summed E-state index contributed by atoms with van der Waals surface area (Å²) in [5.74, 6) is -1.91. The van der Waals surface area contributed by atoms with E-state index in [0.717, 1.165) is 0 Å². The van der Waals surface area contributed by atoms with E-state index in [0.29, 0.717) is 0 Å². The Morgan fingerprint density at radius 2 is 1.93 bits per heavy atom. The van der Waals surface area contributed by atoms with Crippen molar-refractivity contribution in [3.63, 3.8) is 0 Å². The molecule has 0 spiro atoms. The highest BCUT2D eigenvalue weighted by Gasteiger charge is 2.45. The lowest BCUT2D eigenvalue weighted by Crippen LogP contribution is -2.38. The van der Waals surface area contributed by atoms with E-state index in [4.69, 9.17) is 5.11 Å². The van der Waals surface area contributed by atoms with Crippen LogP contribution in [-0.4, -0.2) is 31.5 Å². The van der Waals surface area contributed by atoms with Crippen molar-refractivity contribution in [2.45, 2.75) is 18.9 Å². The summed E-state index contributed by atoms with van der Waals surface area (Å²) >= 11 is 0. The minimum atomic E-state index is -5.37. The van der Waals surface area contributed by atoms with E-state index in [1.54, 1.807) is 0 Å². The number of nitrogens with one attached hydrogen (secondary N) is 1. The van der Waals surface area contributed by atoms with Crippen molar-refractivity contribution in [2.24, 2.45) is 5.92 Å². The third-order valence-corrected chi connectivity index (χ3v) is 2.61. The molecule has 0 radical (unpaired) electrons. The topological polar surface area (TPSA) is 83.5 Å². The molecule has 0 saturated carbocycles. The first-order valence-corrected chi connectivity index (χ1v) is 5.32. The third-order valence-electron chi connectivity index (χ3n) is 1.45. The quantitative estimate of drug-likeness (QED) is 0.744. The third kappa shape index (κ3) is 4.98. The van der Waals surface area contributed by atoms with Gasteiger partial charge in [-0.2, -0.15) is 13.2 Å². The van der Waals surface area contributed by atoms with Gasteiger partial charge in [-0.05, 0) is 5.92 Å². The SMILES string of the molecule is CC(CNS(=O)(=O)C(F)(F)F)CC(=O)O. The molecule has 0 aliphatic carbocycles. The Bertz CT molecular complexity index is 324. The van der Waals surface area contributed by atoms with Crippen LogP contribution in [0, 0.1) is 5.92 Å². The summed E-state index contributed by atoms with van der Waals surface area (Å²) in [6.07, 6.45) is -0.402. The highest BCUT2D eigenvalue weighted by atomic mass is 32.2. The van der Waals surface area contributed by atoms with Crippen LogP contribution in [0.15, 0.2) is 0 Å². The first-order valence-electron chi connectivity index (χ1n) is 3.84. The van der Waals surface area contributed by atoms with Crippen molar-refractivity contribution in [3.8, 4) is 0 Å². The Balaban J connectivity index is 4.23. The zero-order valence-electron chi connectivity index (χ0n) is 7.71. The average Bonchev–Trinajstić information content (AvgIpc) is 1.97. The summed E-state index contributed by atoms with van der Waals surface area (Å²) in [5, 5.41) is 8.27. The maximum absolute atomic E-state index is 11.8. The number of rotatable bonds is 5. The van der Waals surface area contributed by atoms with Crippen molar-refractivity contribution >= 4 is 16.0 Å². The number of hydrogen-bond acceptors (Lipinski definition) is 3. The summed E-state index contributed by atoms with van der Waals surface area (Å²) in [7, 11) is -5.37. The number of hydrogen-bond donors (Lipinski definition) is 2. The van der Waals surface area contributed by atoms with Gasteiger partial charge in [0, 0.05) is 13.0 Å². The number of halogens is 3. The second-order valence-corrected chi connectivity index (χ2v) is 4.76. The summed E-state index contributed by atoms with van der Waals surface area (Å²) in [6, 6.07) is 0. The molecule has 15 heavy (non-hydrogen) atoms. The van der Waals surface area contributed by atoms with Crippen LogP contribution in [0.2, 0.25) is 0 Å². The van der Waals surface area contributed by atoms with Gasteiger partial charge in [0.25, 0.3) is 0 Å². The van der Waals surface area contributed by atoms with Gasteiger partial charge < -0.3 is 5.11 Å². The fourth-order valence-electron chi connectivity index (χ4n) is 0.704. The lowest BCUT2D eigenvalue weighted by Gasteiger charge is -2.12. The minimum Gasteiger partial charge on any atom is -0.481 e. The molecule has 0 aliphatic rings. The summed E-state index contributed by atoms with van der Waals surface area (Å²) < 4.78 is 57.5. The number of carboxylic acid groups (broad SMARTS) is 1. The highest BCUT2D eigenvalue weighted by molar-refractivity contribution is 7.90. The molecule has 0 heterocycles. The molecule has 2 N–H and O–H groups in total. The van der Waals surface area contributed by atoms with Crippen molar-refractivity contribution in [1.82, 2.24) is 4.72 Å². The van der Waals surface area contributed by atoms with Gasteiger partial charge in [-0.25, -0.2) is 13.1 Å². The molecule has 1 atom stereocenters. The van der Waals surface area contributed by atoms with Crippen LogP contribution >= 0.6 is 0 Å². The van der Waals surface area contributed by atoms with Gasteiger partial charge in [-0.1, -0.05) is 6.92 Å². The Hall–Kier alpha value is -0.830. The highest BCUT2D eigenvalue weighted by Crippen LogP contribution is 2.21. The molecule has 0 aromatic rings. The van der Waals surface area contributed by atoms with Gasteiger partial charge in [0.2, 0.25) is 0 Å². The largest absolute Gasteiger partial charge is 0.511 e. The molecule has 9 heteroatoms. The van der Waals surface area contributed by atoms with Crippen LogP contribution in [0.25, 0.3) is 0 Å². The Morgan fingerprint density at radius 1 is 1.47 bits per heavy atom. The Labute approximate surface area is 84.3 Å². The molecule has 0 saturated heterocycles. The second-order valence-electron chi connectivity index (χ2n) is 3.00. The van der Waals surface area contributed by atoms with Crippen LogP contribution in [-0.2, 0) is 14.8 Å². The van der Waals surface area contributed by atoms with Crippen LogP contribution in [0.3, 0.4) is 0 Å². The van der Waals surface area contributed by atoms with E-state index in [1.807, 2.05) is 0 Å². The van der Waals surface area contributed by atoms with Crippen molar-refractivity contribution in [3.05, 3.63) is 0 Å². The Morgan fingerprint density at radius 3 is 2.27 bits per heavy atom. The van der Waals surface area contributed by atoms with Crippen molar-refractivity contribution < 1.29 is 31.5 Å². The molecule has 0 aromatic carbocycles. The Kier molecular flexibility index (Phi) is 4.53. The van der Waals surface area contributed by atoms with Crippen LogP contribution in [0.4, 0.5) is 13.2 Å². The molecule has 0 fully saturated rings. The predicted octanol–water partition coefficient (Wildman–Crippen LogP) is 0.536. The first kappa shape index (κ1) is 14.2. The lowest BCUT2D eigenvalue weighted by atomic mass is 10.1. The van der Waals surface area contributed by atoms with Gasteiger partial charge in [0.15, 0.2) is 0 Å². The van der Waals surface area contributed by atoms with E-state index in [1.165, 1.54) is 11.6 Å². The molecule has 5 nitrogen and oxygen atoms in total. The van der Waals surface area contributed by atoms with Crippen molar-refractivity contribution in [1.29, 1.82) is 0 Å². The summed E-state index contributed by atoms with van der Waals surface area (Å²) in [6.45, 7) is 0.765. The molecular formula is C6H10F3NO4S. The van der Waals surface area contributed by atoms with Gasteiger partial charge in [0.05, 0.1) is 0 Å². The number of aliphatic carboxylic acids is 1. The number of carbonyl (C=O) groups is 1. The van der Waals surface area contributed by atoms with Crippen LogP contribution in [0.1, 0.15) is 13.3 Å². The van der Waals surface area contributed by atoms with Gasteiger partial charge in [-0.3, -0.25) is 4.79 Å². The normalized spacial score (nSPS) is 14.9. The summed E-state index contributed by atoms with van der Waals surface area (Å²) in [4.78, 5) is 10.1. The van der Waals surface area contributed by atoms with Crippen molar-refractivity contribution in [2.75, 3.05) is 6.54 Å². The van der Waals surface area contributed by atoms with Crippen LogP contribution < -0.4 is 4.72 Å². The van der Waals surface area contributed by atoms with E-state index in [-0.39, 0.29) is 0 Å². The monoisotopic (exact) mass is 249 g/mol. The maximum Gasteiger partial charge on any atom is 0.511 e. The lowest BCUT2D eigenvalue weighted by molar-refractivity contribution is -0.137. The molecule has 0 aromatic heterocycles. The fourth-order valence-corrected chi connectivity index (χ4v) is 1.37. The zero-order valence-corrected chi connectivity index (χ0v) is 8.52. The van der Waals surface area contributed by atoms with E-state index in [9.17, 15) is 26.4 Å². The van der Waals surface area contributed by atoms with Gasteiger partial charge in [-0.15, -0.1) is 0 Å². The molecule has 90 valence electrons. The molecular weight excluding hydrogens is 239 g/mol. The number of carboxylic acids is 1. The molecule has 0 bridgehead atoms. The van der Waals surface area contributed by atoms with E-state index < -0.39 is 40.4 Å². The molecule has 0 amide bonds. The first-order chi connectivity index (χ1) is 6.56. The number of sulfonamides is 1. The van der Waals surface area contributed by atoms with E-state index >= 15 is 0 Å².